The van der Waals surface area contributed by atoms with Gasteiger partial charge in [0.05, 0.1) is 4.47 Å². The van der Waals surface area contributed by atoms with Crippen molar-refractivity contribution in [2.45, 2.75) is 19.4 Å². The van der Waals surface area contributed by atoms with Gasteiger partial charge in [0.2, 0.25) is 0 Å². The fourth-order valence-corrected chi connectivity index (χ4v) is 1.95. The molecule has 0 bridgehead atoms. The predicted octanol–water partition coefficient (Wildman–Crippen LogP) is 3.47. The second kappa shape index (κ2) is 6.28. The Labute approximate surface area is 110 Å². The van der Waals surface area contributed by atoms with Crippen molar-refractivity contribution in [1.82, 2.24) is 0 Å². The lowest BCUT2D eigenvalue weighted by molar-refractivity contribution is 0.352. The van der Waals surface area contributed by atoms with Crippen LogP contribution >= 0.6 is 27.5 Å². The number of benzene rings is 1. The molecule has 0 aliphatic heterocycles. The number of halogens is 2. The average molecular weight is 305 g/mol. The Hall–Kier alpha value is -0.510. The highest BCUT2D eigenvalue weighted by Gasteiger charge is 2.09. The van der Waals surface area contributed by atoms with Gasteiger partial charge in [-0.1, -0.05) is 30.3 Å². The Morgan fingerprint density at radius 2 is 2.31 bits per heavy atom. The molecule has 1 atom stereocenters. The molecule has 0 radical (unpaired) electrons. The van der Waals surface area contributed by atoms with E-state index < -0.39 is 0 Å². The Bertz CT molecular complexity index is 379. The molecule has 0 aromatic heterocycles. The SMILES string of the molecule is C=C(Cl)COc1c(Br)cccc1CC(C)N. The highest BCUT2D eigenvalue weighted by Crippen LogP contribution is 2.30. The van der Waals surface area contributed by atoms with Gasteiger partial charge < -0.3 is 10.5 Å². The van der Waals surface area contributed by atoms with E-state index in [1.54, 1.807) is 0 Å². The van der Waals surface area contributed by atoms with Crippen LogP contribution in [0.4, 0.5) is 0 Å². The zero-order valence-electron chi connectivity index (χ0n) is 9.17. The molecule has 0 spiro atoms. The molecule has 88 valence electrons. The van der Waals surface area contributed by atoms with E-state index in [1.165, 1.54) is 0 Å². The lowest BCUT2D eigenvalue weighted by Crippen LogP contribution is -2.18. The molecule has 2 N–H and O–H groups in total. The first kappa shape index (κ1) is 13.6. The summed E-state index contributed by atoms with van der Waals surface area (Å²) in [5.74, 6) is 0.793. The van der Waals surface area contributed by atoms with Crippen molar-refractivity contribution in [3.63, 3.8) is 0 Å². The van der Waals surface area contributed by atoms with E-state index in [9.17, 15) is 0 Å². The van der Waals surface area contributed by atoms with Crippen LogP contribution in [0, 0.1) is 0 Å². The van der Waals surface area contributed by atoms with Gasteiger partial charge in [-0.3, -0.25) is 0 Å². The fraction of sp³-hybridized carbons (Fsp3) is 0.333. The van der Waals surface area contributed by atoms with Gasteiger partial charge in [-0.05, 0) is 40.9 Å². The summed E-state index contributed by atoms with van der Waals surface area (Å²) in [7, 11) is 0. The van der Waals surface area contributed by atoms with E-state index in [4.69, 9.17) is 22.1 Å². The third-order valence-corrected chi connectivity index (χ3v) is 2.70. The molecule has 4 heteroatoms. The number of hydrogen-bond donors (Lipinski definition) is 1. The monoisotopic (exact) mass is 303 g/mol. The molecule has 2 nitrogen and oxygen atoms in total. The Balaban J connectivity index is 2.89. The van der Waals surface area contributed by atoms with Crippen molar-refractivity contribution in [3.05, 3.63) is 39.8 Å². The van der Waals surface area contributed by atoms with Crippen molar-refractivity contribution in [3.8, 4) is 5.75 Å². The third kappa shape index (κ3) is 4.16. The molecule has 0 aliphatic rings. The largest absolute Gasteiger partial charge is 0.487 e. The molecule has 0 amide bonds. The zero-order chi connectivity index (χ0) is 12.1. The summed E-state index contributed by atoms with van der Waals surface area (Å²) in [5.41, 5.74) is 6.86. The summed E-state index contributed by atoms with van der Waals surface area (Å²) in [6.45, 7) is 5.86. The minimum Gasteiger partial charge on any atom is -0.487 e. The minimum absolute atomic E-state index is 0.0934. The van der Waals surface area contributed by atoms with Crippen molar-refractivity contribution in [2.24, 2.45) is 5.73 Å². The van der Waals surface area contributed by atoms with Crippen molar-refractivity contribution in [1.29, 1.82) is 0 Å². The maximum absolute atomic E-state index is 5.78. The van der Waals surface area contributed by atoms with Crippen LogP contribution in [0.1, 0.15) is 12.5 Å². The van der Waals surface area contributed by atoms with Crippen LogP contribution in [0.3, 0.4) is 0 Å². The third-order valence-electron chi connectivity index (χ3n) is 1.96. The van der Waals surface area contributed by atoms with E-state index in [-0.39, 0.29) is 6.04 Å². The normalized spacial score (nSPS) is 12.2. The zero-order valence-corrected chi connectivity index (χ0v) is 11.5. The molecule has 0 saturated heterocycles. The predicted molar refractivity (Wildman–Crippen MR) is 72.0 cm³/mol. The lowest BCUT2D eigenvalue weighted by atomic mass is 10.1. The molecule has 16 heavy (non-hydrogen) atoms. The second-order valence-corrected chi connectivity index (χ2v) is 5.10. The van der Waals surface area contributed by atoms with Gasteiger partial charge in [-0.15, -0.1) is 0 Å². The minimum atomic E-state index is 0.0934. The molecule has 0 aliphatic carbocycles. The maximum atomic E-state index is 5.78. The molecular weight excluding hydrogens is 289 g/mol. The summed E-state index contributed by atoms with van der Waals surface area (Å²) >= 11 is 9.13. The highest BCUT2D eigenvalue weighted by atomic mass is 79.9. The van der Waals surface area contributed by atoms with Crippen molar-refractivity contribution < 1.29 is 4.74 Å². The van der Waals surface area contributed by atoms with E-state index in [0.29, 0.717) is 11.6 Å². The standard InChI is InChI=1S/C12H15BrClNO/c1-8(14)7-16-12-10(6-9(2)15)4-3-5-11(12)13/h3-5,9H,1,6-7,15H2,2H3. The average Bonchev–Trinajstić information content (AvgIpc) is 2.15. The Morgan fingerprint density at radius 3 is 2.88 bits per heavy atom. The van der Waals surface area contributed by atoms with E-state index in [2.05, 4.69) is 22.5 Å². The molecule has 0 fully saturated rings. The Kier molecular flexibility index (Phi) is 5.32. The quantitative estimate of drug-likeness (QED) is 0.904. The summed E-state index contributed by atoms with van der Waals surface area (Å²) in [5, 5.41) is 0.475. The van der Waals surface area contributed by atoms with Crippen LogP contribution < -0.4 is 10.5 Å². The van der Waals surface area contributed by atoms with Gasteiger partial charge in [0.1, 0.15) is 12.4 Å². The summed E-state index contributed by atoms with van der Waals surface area (Å²) in [4.78, 5) is 0. The first-order valence-corrected chi connectivity index (χ1v) is 6.17. The maximum Gasteiger partial charge on any atom is 0.137 e. The molecule has 1 aromatic rings. The van der Waals surface area contributed by atoms with Crippen LogP contribution in [-0.2, 0) is 6.42 Å². The number of nitrogens with two attached hydrogens (primary N) is 1. The number of hydrogen-bond acceptors (Lipinski definition) is 2. The van der Waals surface area contributed by atoms with Gasteiger partial charge in [0.15, 0.2) is 0 Å². The van der Waals surface area contributed by atoms with Gasteiger partial charge >= 0.3 is 0 Å². The van der Waals surface area contributed by atoms with Gasteiger partial charge in [0.25, 0.3) is 0 Å². The summed E-state index contributed by atoms with van der Waals surface area (Å²) in [6, 6.07) is 5.98. The van der Waals surface area contributed by atoms with Crippen molar-refractivity contribution >= 4 is 27.5 Å². The number of para-hydroxylation sites is 1. The first-order valence-electron chi connectivity index (χ1n) is 4.99. The highest BCUT2D eigenvalue weighted by molar-refractivity contribution is 9.10. The summed E-state index contributed by atoms with van der Waals surface area (Å²) in [6.07, 6.45) is 0.767. The van der Waals surface area contributed by atoms with Crippen LogP contribution in [0.2, 0.25) is 0 Å². The van der Waals surface area contributed by atoms with Gasteiger partial charge in [0, 0.05) is 11.1 Å². The smallest absolute Gasteiger partial charge is 0.137 e. The second-order valence-electron chi connectivity index (χ2n) is 3.72. The lowest BCUT2D eigenvalue weighted by Gasteiger charge is -2.14. The molecule has 1 unspecified atom stereocenters. The van der Waals surface area contributed by atoms with Crippen molar-refractivity contribution in [2.75, 3.05) is 6.61 Å². The topological polar surface area (TPSA) is 35.2 Å². The van der Waals surface area contributed by atoms with Crippen LogP contribution in [0.25, 0.3) is 0 Å². The number of ether oxygens (including phenoxy) is 1. The van der Waals surface area contributed by atoms with Crippen LogP contribution in [-0.4, -0.2) is 12.6 Å². The molecule has 1 aromatic carbocycles. The molecule has 0 saturated carbocycles. The Morgan fingerprint density at radius 1 is 1.62 bits per heavy atom. The number of rotatable bonds is 5. The van der Waals surface area contributed by atoms with Crippen LogP contribution in [0.15, 0.2) is 34.3 Å². The van der Waals surface area contributed by atoms with Gasteiger partial charge in [-0.2, -0.15) is 0 Å². The van der Waals surface area contributed by atoms with Crippen LogP contribution in [0.5, 0.6) is 5.75 Å². The van der Waals surface area contributed by atoms with Gasteiger partial charge in [-0.25, -0.2) is 0 Å². The van der Waals surface area contributed by atoms with E-state index >= 15 is 0 Å². The first-order chi connectivity index (χ1) is 7.50. The summed E-state index contributed by atoms with van der Waals surface area (Å²) < 4.78 is 6.50. The molecular formula is C12H15BrClNO. The van der Waals surface area contributed by atoms with E-state index in [1.807, 2.05) is 25.1 Å². The molecule has 0 heterocycles. The van der Waals surface area contributed by atoms with E-state index in [0.717, 1.165) is 22.2 Å². The fourth-order valence-electron chi connectivity index (χ4n) is 1.37. The molecule has 1 rings (SSSR count).